The Bertz CT molecular complexity index is 482. The molecule has 2 heterocycles. The molecule has 1 aromatic carbocycles. The van der Waals surface area contributed by atoms with Gasteiger partial charge in [-0.1, -0.05) is 30.3 Å². The maximum Gasteiger partial charge on any atom is 0.239 e. The van der Waals surface area contributed by atoms with E-state index in [4.69, 9.17) is 0 Å². The summed E-state index contributed by atoms with van der Waals surface area (Å²) >= 11 is 0. The van der Waals surface area contributed by atoms with Crippen LogP contribution in [0.3, 0.4) is 0 Å². The minimum Gasteiger partial charge on any atom is -0.394 e. The van der Waals surface area contributed by atoms with E-state index in [1.165, 1.54) is 0 Å². The van der Waals surface area contributed by atoms with E-state index in [0.29, 0.717) is 6.04 Å². The summed E-state index contributed by atoms with van der Waals surface area (Å²) in [6.45, 7) is 1.70. The zero-order valence-electron chi connectivity index (χ0n) is 11.9. The fourth-order valence-corrected chi connectivity index (χ4v) is 3.16. The zero-order valence-corrected chi connectivity index (χ0v) is 11.9. The highest BCUT2D eigenvalue weighted by Gasteiger charge is 2.41. The number of carbonyl (C=O) groups is 1. The van der Waals surface area contributed by atoms with Crippen molar-refractivity contribution in [2.24, 2.45) is 5.92 Å². The topological polar surface area (TPSA) is 85.4 Å². The average Bonchev–Trinajstić information content (AvgIpc) is 2.97. The summed E-state index contributed by atoms with van der Waals surface area (Å²) < 4.78 is 0. The normalized spacial score (nSPS) is 29.7. The van der Waals surface area contributed by atoms with Gasteiger partial charge in [-0.3, -0.25) is 10.2 Å². The second-order valence-corrected chi connectivity index (χ2v) is 5.68. The molecule has 6 heteroatoms. The molecule has 3 unspecified atom stereocenters. The summed E-state index contributed by atoms with van der Waals surface area (Å²) in [5, 5.41) is 15.8. The second kappa shape index (κ2) is 6.53. The Kier molecular flexibility index (Phi) is 4.50. The van der Waals surface area contributed by atoms with E-state index in [2.05, 4.69) is 21.5 Å². The van der Waals surface area contributed by atoms with Crippen LogP contribution in [0.2, 0.25) is 0 Å². The number of nitrogens with one attached hydrogen (secondary N) is 4. The standard InChI is InChI=1S/C15H22N4O2/c20-9-13(10-4-2-1-3-5-10)17-15(21)14-11-8-16-7-6-12(11)18-19-14/h1-5,11-14,16,18-20H,6-9H2,(H,17,21)/t11?,12?,13-,14?/m1/s1. The summed E-state index contributed by atoms with van der Waals surface area (Å²) in [6.07, 6.45) is 1.02. The molecular weight excluding hydrogens is 268 g/mol. The molecule has 0 spiro atoms. The van der Waals surface area contributed by atoms with E-state index < -0.39 is 0 Å². The summed E-state index contributed by atoms with van der Waals surface area (Å²) in [4.78, 5) is 12.5. The minimum absolute atomic E-state index is 0.0680. The van der Waals surface area contributed by atoms with Crippen molar-refractivity contribution in [3.8, 4) is 0 Å². The lowest BCUT2D eigenvalue weighted by Gasteiger charge is -2.28. The number of carbonyl (C=O) groups excluding carboxylic acids is 1. The lowest BCUT2D eigenvalue weighted by atomic mass is 9.89. The van der Waals surface area contributed by atoms with Crippen molar-refractivity contribution in [3.05, 3.63) is 35.9 Å². The largest absolute Gasteiger partial charge is 0.394 e. The number of hydrazine groups is 1. The molecule has 2 aliphatic rings. The van der Waals surface area contributed by atoms with E-state index in [1.54, 1.807) is 0 Å². The number of piperidine rings is 1. The van der Waals surface area contributed by atoms with Crippen LogP contribution in [0, 0.1) is 5.92 Å². The Labute approximate surface area is 124 Å². The number of fused-ring (bicyclic) bond motifs is 1. The highest BCUT2D eigenvalue weighted by atomic mass is 16.3. The predicted molar refractivity (Wildman–Crippen MR) is 79.2 cm³/mol. The predicted octanol–water partition coefficient (Wildman–Crippen LogP) is -0.709. The van der Waals surface area contributed by atoms with Crippen LogP contribution in [-0.4, -0.2) is 42.8 Å². The van der Waals surface area contributed by atoms with Gasteiger partial charge >= 0.3 is 0 Å². The maximum absolute atomic E-state index is 12.5. The summed E-state index contributed by atoms with van der Waals surface area (Å²) in [5.74, 6) is 0.176. The minimum atomic E-state index is -0.365. The Balaban J connectivity index is 1.65. The van der Waals surface area contributed by atoms with Crippen molar-refractivity contribution < 1.29 is 9.90 Å². The first kappa shape index (κ1) is 14.5. The van der Waals surface area contributed by atoms with Crippen LogP contribution in [-0.2, 0) is 4.79 Å². The number of aliphatic hydroxyl groups excluding tert-OH is 1. The van der Waals surface area contributed by atoms with Crippen LogP contribution in [0.15, 0.2) is 30.3 Å². The summed E-state index contributed by atoms with van der Waals surface area (Å²) in [6, 6.07) is 9.25. The Morgan fingerprint density at radius 3 is 2.90 bits per heavy atom. The highest BCUT2D eigenvalue weighted by molar-refractivity contribution is 5.83. The molecule has 0 radical (unpaired) electrons. The molecule has 0 aliphatic carbocycles. The quantitative estimate of drug-likeness (QED) is 0.506. The maximum atomic E-state index is 12.5. The highest BCUT2D eigenvalue weighted by Crippen LogP contribution is 2.21. The SMILES string of the molecule is O=C(N[C@H](CO)c1ccccc1)C1NNC2CCNCC21. The second-order valence-electron chi connectivity index (χ2n) is 5.68. The summed E-state index contributed by atoms with van der Waals surface area (Å²) in [7, 11) is 0. The van der Waals surface area contributed by atoms with E-state index >= 15 is 0 Å². The van der Waals surface area contributed by atoms with Crippen molar-refractivity contribution in [1.29, 1.82) is 0 Å². The van der Waals surface area contributed by atoms with Gasteiger partial charge in [-0.05, 0) is 18.5 Å². The molecule has 2 fully saturated rings. The van der Waals surface area contributed by atoms with Gasteiger partial charge in [0.15, 0.2) is 0 Å². The van der Waals surface area contributed by atoms with Crippen molar-refractivity contribution in [1.82, 2.24) is 21.5 Å². The Morgan fingerprint density at radius 1 is 1.33 bits per heavy atom. The van der Waals surface area contributed by atoms with Gasteiger partial charge in [-0.2, -0.15) is 0 Å². The molecule has 0 saturated carbocycles. The lowest BCUT2D eigenvalue weighted by molar-refractivity contribution is -0.125. The van der Waals surface area contributed by atoms with Gasteiger partial charge in [-0.15, -0.1) is 0 Å². The van der Waals surface area contributed by atoms with E-state index in [1.807, 2.05) is 30.3 Å². The lowest BCUT2D eigenvalue weighted by Crippen LogP contribution is -2.50. The molecule has 4 atom stereocenters. The van der Waals surface area contributed by atoms with Crippen LogP contribution in [0.25, 0.3) is 0 Å². The van der Waals surface area contributed by atoms with Crippen molar-refractivity contribution in [2.75, 3.05) is 19.7 Å². The number of benzene rings is 1. The smallest absolute Gasteiger partial charge is 0.239 e. The molecule has 5 N–H and O–H groups in total. The average molecular weight is 290 g/mol. The van der Waals surface area contributed by atoms with Gasteiger partial charge in [0.1, 0.15) is 6.04 Å². The van der Waals surface area contributed by atoms with Gasteiger partial charge < -0.3 is 15.7 Å². The molecule has 0 bridgehead atoms. The Hall–Kier alpha value is -1.47. The third-order valence-corrected chi connectivity index (χ3v) is 4.36. The number of hydrogen-bond acceptors (Lipinski definition) is 5. The monoisotopic (exact) mass is 290 g/mol. The van der Waals surface area contributed by atoms with Gasteiger partial charge in [0.2, 0.25) is 5.91 Å². The van der Waals surface area contributed by atoms with Crippen LogP contribution in [0.4, 0.5) is 0 Å². The first-order valence-electron chi connectivity index (χ1n) is 7.47. The van der Waals surface area contributed by atoms with E-state index in [0.717, 1.165) is 25.1 Å². The molecule has 1 aromatic rings. The Morgan fingerprint density at radius 2 is 2.14 bits per heavy atom. The zero-order chi connectivity index (χ0) is 14.7. The van der Waals surface area contributed by atoms with Crippen molar-refractivity contribution >= 4 is 5.91 Å². The van der Waals surface area contributed by atoms with Crippen LogP contribution < -0.4 is 21.5 Å². The van der Waals surface area contributed by atoms with Crippen LogP contribution in [0.5, 0.6) is 0 Å². The number of rotatable bonds is 4. The fourth-order valence-electron chi connectivity index (χ4n) is 3.16. The molecule has 2 aliphatic heterocycles. The van der Waals surface area contributed by atoms with E-state index in [-0.39, 0.29) is 30.5 Å². The third kappa shape index (κ3) is 3.08. The number of amides is 1. The molecule has 1 amide bonds. The van der Waals surface area contributed by atoms with E-state index in [9.17, 15) is 9.90 Å². The van der Waals surface area contributed by atoms with Crippen LogP contribution >= 0.6 is 0 Å². The first-order valence-corrected chi connectivity index (χ1v) is 7.47. The molecular formula is C15H22N4O2. The first-order chi connectivity index (χ1) is 10.3. The van der Waals surface area contributed by atoms with Gasteiger partial charge in [0.25, 0.3) is 0 Å². The summed E-state index contributed by atoms with van der Waals surface area (Å²) in [5.41, 5.74) is 7.22. The van der Waals surface area contributed by atoms with Crippen molar-refractivity contribution in [3.63, 3.8) is 0 Å². The van der Waals surface area contributed by atoms with Gasteiger partial charge in [0, 0.05) is 18.5 Å². The molecule has 21 heavy (non-hydrogen) atoms. The molecule has 114 valence electrons. The molecule has 6 nitrogen and oxygen atoms in total. The van der Waals surface area contributed by atoms with Gasteiger partial charge in [0.05, 0.1) is 12.6 Å². The van der Waals surface area contributed by atoms with Gasteiger partial charge in [-0.25, -0.2) is 5.43 Å². The number of hydrogen-bond donors (Lipinski definition) is 5. The molecule has 3 rings (SSSR count). The fraction of sp³-hybridized carbons (Fsp3) is 0.533. The van der Waals surface area contributed by atoms with Crippen LogP contribution in [0.1, 0.15) is 18.0 Å². The third-order valence-electron chi connectivity index (χ3n) is 4.36. The molecule has 2 saturated heterocycles. The molecule has 0 aromatic heterocycles. The van der Waals surface area contributed by atoms with Crippen molar-refractivity contribution in [2.45, 2.75) is 24.5 Å². The number of aliphatic hydroxyl groups is 1.